The Balaban J connectivity index is 1.81. The van der Waals surface area contributed by atoms with Crippen LogP contribution in [0.2, 0.25) is 10.0 Å². The summed E-state index contributed by atoms with van der Waals surface area (Å²) in [6.07, 6.45) is 2.91. The van der Waals surface area contributed by atoms with Gasteiger partial charge >= 0.3 is 6.03 Å². The van der Waals surface area contributed by atoms with E-state index in [1.54, 1.807) is 18.2 Å². The molecule has 0 aliphatic heterocycles. The predicted octanol–water partition coefficient (Wildman–Crippen LogP) is 3.70. The molecule has 6 heteroatoms. The van der Waals surface area contributed by atoms with Crippen LogP contribution in [0.15, 0.2) is 18.2 Å². The first-order valence-electron chi connectivity index (χ1n) is 7.63. The molecule has 122 valence electrons. The summed E-state index contributed by atoms with van der Waals surface area (Å²) in [5.41, 5.74) is 0.854. The SMILES string of the molecule is CC(CNC(=O)NC1CCC(O)CC1)c1c(Cl)cccc1Cl. The van der Waals surface area contributed by atoms with E-state index < -0.39 is 0 Å². The summed E-state index contributed by atoms with van der Waals surface area (Å²) in [7, 11) is 0. The molecule has 1 atom stereocenters. The standard InChI is InChI=1S/C16H22Cl2N2O2/c1-10(15-13(17)3-2-4-14(15)18)9-19-16(22)20-11-5-7-12(21)8-6-11/h2-4,10-12,21H,5-9H2,1H3,(H2,19,20,22). The van der Waals surface area contributed by atoms with Gasteiger partial charge in [-0.2, -0.15) is 0 Å². The van der Waals surface area contributed by atoms with E-state index in [4.69, 9.17) is 23.2 Å². The molecular formula is C16H22Cl2N2O2. The number of urea groups is 1. The molecule has 3 N–H and O–H groups in total. The van der Waals surface area contributed by atoms with Crippen LogP contribution in [0.25, 0.3) is 0 Å². The molecule has 1 aliphatic rings. The molecule has 1 aromatic carbocycles. The zero-order chi connectivity index (χ0) is 16.1. The Bertz CT molecular complexity index is 497. The van der Waals surface area contributed by atoms with Crippen LogP contribution >= 0.6 is 23.2 Å². The van der Waals surface area contributed by atoms with E-state index in [0.29, 0.717) is 16.6 Å². The van der Waals surface area contributed by atoms with E-state index in [9.17, 15) is 9.90 Å². The van der Waals surface area contributed by atoms with Crippen molar-refractivity contribution in [3.63, 3.8) is 0 Å². The highest BCUT2D eigenvalue weighted by Crippen LogP contribution is 2.30. The molecule has 1 aromatic rings. The van der Waals surface area contributed by atoms with Crippen LogP contribution in [-0.2, 0) is 0 Å². The first kappa shape index (κ1) is 17.4. The Hall–Kier alpha value is -0.970. The van der Waals surface area contributed by atoms with Gasteiger partial charge in [0, 0.05) is 28.5 Å². The molecule has 0 spiro atoms. The normalized spacial score (nSPS) is 22.9. The van der Waals surface area contributed by atoms with Gasteiger partial charge in [0.05, 0.1) is 6.10 Å². The Kier molecular flexibility index (Phi) is 6.36. The second-order valence-electron chi connectivity index (χ2n) is 5.90. The van der Waals surface area contributed by atoms with Crippen molar-refractivity contribution in [3.8, 4) is 0 Å². The zero-order valence-corrected chi connectivity index (χ0v) is 14.1. The number of hydrogen-bond donors (Lipinski definition) is 3. The topological polar surface area (TPSA) is 61.4 Å². The number of benzene rings is 1. The van der Waals surface area contributed by atoms with Gasteiger partial charge in [0.25, 0.3) is 0 Å². The van der Waals surface area contributed by atoms with Gasteiger partial charge in [0.2, 0.25) is 0 Å². The van der Waals surface area contributed by atoms with Gasteiger partial charge in [-0.05, 0) is 43.4 Å². The van der Waals surface area contributed by atoms with E-state index in [1.807, 2.05) is 6.92 Å². The fraction of sp³-hybridized carbons (Fsp3) is 0.562. The minimum Gasteiger partial charge on any atom is -0.393 e. The van der Waals surface area contributed by atoms with Crippen LogP contribution in [-0.4, -0.2) is 29.8 Å². The number of aliphatic hydroxyl groups excluding tert-OH is 1. The summed E-state index contributed by atoms with van der Waals surface area (Å²) in [5.74, 6) is 0.0279. The van der Waals surface area contributed by atoms with Gasteiger partial charge in [0.1, 0.15) is 0 Å². The second-order valence-corrected chi connectivity index (χ2v) is 6.71. The van der Waals surface area contributed by atoms with Crippen molar-refractivity contribution in [1.82, 2.24) is 10.6 Å². The Morgan fingerprint density at radius 3 is 2.45 bits per heavy atom. The van der Waals surface area contributed by atoms with Crippen molar-refractivity contribution < 1.29 is 9.90 Å². The number of amides is 2. The number of rotatable bonds is 4. The number of carbonyl (C=O) groups is 1. The summed E-state index contributed by atoms with van der Waals surface area (Å²) in [6.45, 7) is 2.44. The van der Waals surface area contributed by atoms with Gasteiger partial charge in [0.15, 0.2) is 0 Å². The number of halogens is 2. The molecule has 0 heterocycles. The molecule has 0 aromatic heterocycles. The van der Waals surface area contributed by atoms with Gasteiger partial charge in [-0.15, -0.1) is 0 Å². The van der Waals surface area contributed by atoms with Crippen molar-refractivity contribution in [3.05, 3.63) is 33.8 Å². The van der Waals surface area contributed by atoms with Crippen LogP contribution in [0, 0.1) is 0 Å². The average molecular weight is 345 g/mol. The lowest BCUT2D eigenvalue weighted by Crippen LogP contribution is -2.45. The molecule has 0 saturated heterocycles. The van der Waals surface area contributed by atoms with Crippen LogP contribution in [0.4, 0.5) is 4.79 Å². The van der Waals surface area contributed by atoms with Crippen molar-refractivity contribution in [2.45, 2.75) is 50.7 Å². The lowest BCUT2D eigenvalue weighted by atomic mass is 9.93. The Labute approximate surface area is 141 Å². The Morgan fingerprint density at radius 2 is 1.86 bits per heavy atom. The van der Waals surface area contributed by atoms with Gasteiger partial charge in [-0.3, -0.25) is 0 Å². The van der Waals surface area contributed by atoms with E-state index in [1.165, 1.54) is 0 Å². The van der Waals surface area contributed by atoms with E-state index in [0.717, 1.165) is 31.2 Å². The highest BCUT2D eigenvalue weighted by Gasteiger charge is 2.21. The lowest BCUT2D eigenvalue weighted by Gasteiger charge is -2.26. The van der Waals surface area contributed by atoms with Gasteiger partial charge in [-0.25, -0.2) is 4.79 Å². The predicted molar refractivity (Wildman–Crippen MR) is 89.7 cm³/mol. The van der Waals surface area contributed by atoms with Crippen molar-refractivity contribution in [2.24, 2.45) is 0 Å². The van der Waals surface area contributed by atoms with Crippen LogP contribution in [0.5, 0.6) is 0 Å². The van der Waals surface area contributed by atoms with Crippen molar-refractivity contribution in [2.75, 3.05) is 6.54 Å². The molecule has 2 amide bonds. The molecule has 1 fully saturated rings. The summed E-state index contributed by atoms with van der Waals surface area (Å²) in [6, 6.07) is 5.36. The van der Waals surface area contributed by atoms with Crippen molar-refractivity contribution >= 4 is 29.2 Å². The quantitative estimate of drug-likeness (QED) is 0.779. The first-order chi connectivity index (χ1) is 10.5. The number of nitrogens with one attached hydrogen (secondary N) is 2. The zero-order valence-electron chi connectivity index (χ0n) is 12.6. The van der Waals surface area contributed by atoms with Crippen LogP contribution in [0.1, 0.15) is 44.1 Å². The lowest BCUT2D eigenvalue weighted by molar-refractivity contribution is 0.117. The molecule has 1 aliphatic carbocycles. The highest BCUT2D eigenvalue weighted by atomic mass is 35.5. The fourth-order valence-corrected chi connectivity index (χ4v) is 3.56. The highest BCUT2D eigenvalue weighted by molar-refractivity contribution is 6.36. The molecule has 22 heavy (non-hydrogen) atoms. The fourth-order valence-electron chi connectivity index (χ4n) is 2.79. The largest absolute Gasteiger partial charge is 0.393 e. The summed E-state index contributed by atoms with van der Waals surface area (Å²) < 4.78 is 0. The van der Waals surface area contributed by atoms with Crippen LogP contribution < -0.4 is 10.6 Å². The number of aliphatic hydroxyl groups is 1. The third-order valence-electron chi connectivity index (χ3n) is 4.09. The molecule has 4 nitrogen and oxygen atoms in total. The summed E-state index contributed by atoms with van der Waals surface area (Å²) in [5, 5.41) is 16.5. The first-order valence-corrected chi connectivity index (χ1v) is 8.39. The summed E-state index contributed by atoms with van der Waals surface area (Å²) in [4.78, 5) is 11.9. The third kappa shape index (κ3) is 4.77. The smallest absolute Gasteiger partial charge is 0.315 e. The molecule has 1 saturated carbocycles. The number of hydrogen-bond acceptors (Lipinski definition) is 2. The van der Waals surface area contributed by atoms with Crippen molar-refractivity contribution in [1.29, 1.82) is 0 Å². The van der Waals surface area contributed by atoms with Gasteiger partial charge < -0.3 is 15.7 Å². The minimum absolute atomic E-state index is 0.0279. The maximum absolute atomic E-state index is 11.9. The van der Waals surface area contributed by atoms with Gasteiger partial charge in [-0.1, -0.05) is 36.2 Å². The summed E-state index contributed by atoms with van der Waals surface area (Å²) >= 11 is 12.3. The molecule has 2 rings (SSSR count). The Morgan fingerprint density at radius 1 is 1.27 bits per heavy atom. The maximum Gasteiger partial charge on any atom is 0.315 e. The number of carbonyl (C=O) groups excluding carboxylic acids is 1. The molecular weight excluding hydrogens is 323 g/mol. The van der Waals surface area contributed by atoms with E-state index >= 15 is 0 Å². The maximum atomic E-state index is 11.9. The average Bonchev–Trinajstić information content (AvgIpc) is 2.47. The van der Waals surface area contributed by atoms with Crippen LogP contribution in [0.3, 0.4) is 0 Å². The monoisotopic (exact) mass is 344 g/mol. The second kappa shape index (κ2) is 8.04. The van der Waals surface area contributed by atoms with E-state index in [-0.39, 0.29) is 24.1 Å². The molecule has 1 unspecified atom stereocenters. The molecule has 0 bridgehead atoms. The minimum atomic E-state index is -0.219. The molecule has 0 radical (unpaired) electrons. The third-order valence-corrected chi connectivity index (χ3v) is 4.75. The van der Waals surface area contributed by atoms with E-state index in [2.05, 4.69) is 10.6 Å².